The first kappa shape index (κ1) is 12.6. The van der Waals surface area contributed by atoms with Gasteiger partial charge in [-0.25, -0.2) is 0 Å². The summed E-state index contributed by atoms with van der Waals surface area (Å²) in [4.78, 5) is -0.145. The molecule has 0 aliphatic rings. The van der Waals surface area contributed by atoms with Crippen LogP contribution in [0.5, 0.6) is 0 Å². The Morgan fingerprint density at radius 1 is 1.33 bits per heavy atom. The molecular weight excluding hydrogens is 254 g/mol. The van der Waals surface area contributed by atoms with Crippen LogP contribution in [0.25, 0.3) is 10.9 Å². The number of aryl methyl sites for hydroxylation is 1. The van der Waals surface area contributed by atoms with Crippen LogP contribution in [-0.4, -0.2) is 24.6 Å². The van der Waals surface area contributed by atoms with Crippen LogP contribution in [0, 0.1) is 0 Å². The summed E-state index contributed by atoms with van der Waals surface area (Å²) in [6.45, 7) is 0. The van der Waals surface area contributed by atoms with Crippen molar-refractivity contribution in [3.63, 3.8) is 0 Å². The lowest BCUT2D eigenvalue weighted by atomic mass is 10.2. The highest BCUT2D eigenvalue weighted by atomic mass is 32.2. The second kappa shape index (κ2) is 4.43. The predicted octanol–water partition coefficient (Wildman–Crippen LogP) is 0.460. The molecule has 2 aromatic rings. The molecule has 18 heavy (non-hydrogen) atoms. The Kier molecular flexibility index (Phi) is 3.10. The Balaban J connectivity index is 2.91. The maximum absolute atomic E-state index is 11.1. The highest BCUT2D eigenvalue weighted by molar-refractivity contribution is 7.85. The molecule has 0 saturated heterocycles. The van der Waals surface area contributed by atoms with Crippen molar-refractivity contribution >= 4 is 21.0 Å². The van der Waals surface area contributed by atoms with Gasteiger partial charge in [0.05, 0.1) is 15.8 Å². The highest BCUT2D eigenvalue weighted by Gasteiger charge is 2.11. The number of rotatable bonds is 2. The molecule has 7 heteroatoms. The lowest BCUT2D eigenvalue weighted by Crippen LogP contribution is -2.12. The summed E-state index contributed by atoms with van der Waals surface area (Å²) in [6, 6.07) is 6.15. The third kappa shape index (κ3) is 2.22. The van der Waals surface area contributed by atoms with Crippen LogP contribution < -0.4 is 10.8 Å². The summed E-state index contributed by atoms with van der Waals surface area (Å²) in [5.41, 5.74) is 3.48. The van der Waals surface area contributed by atoms with Gasteiger partial charge in [0.2, 0.25) is 0 Å². The summed E-state index contributed by atoms with van der Waals surface area (Å²) in [7, 11) is -0.706. The average molecular weight is 267 g/mol. The zero-order chi connectivity index (χ0) is 13.3. The molecule has 2 rings (SSSR count). The second-order valence-corrected chi connectivity index (χ2v) is 5.22. The number of benzene rings is 1. The van der Waals surface area contributed by atoms with Crippen LogP contribution in [-0.2, 0) is 17.2 Å². The van der Waals surface area contributed by atoms with E-state index in [9.17, 15) is 8.42 Å². The molecule has 0 saturated carbocycles. The first-order valence-electron chi connectivity index (χ1n) is 5.21. The van der Waals surface area contributed by atoms with Crippen molar-refractivity contribution in [2.45, 2.75) is 4.90 Å². The maximum atomic E-state index is 11.1. The van der Waals surface area contributed by atoms with Crippen molar-refractivity contribution in [3.05, 3.63) is 35.8 Å². The van der Waals surface area contributed by atoms with Crippen LogP contribution in [0.3, 0.4) is 0 Å². The summed E-state index contributed by atoms with van der Waals surface area (Å²) in [5.74, 6) is 0. The van der Waals surface area contributed by atoms with Crippen LogP contribution in [0.1, 0.15) is 0 Å². The highest BCUT2D eigenvalue weighted by Crippen LogP contribution is 2.15. The zero-order valence-corrected chi connectivity index (χ0v) is 10.8. The number of pyridine rings is 1. The van der Waals surface area contributed by atoms with Gasteiger partial charge in [-0.05, 0) is 24.3 Å². The fourth-order valence-corrected chi connectivity index (χ4v) is 2.27. The van der Waals surface area contributed by atoms with E-state index in [4.69, 9.17) is 4.55 Å². The Labute approximate surface area is 104 Å². The van der Waals surface area contributed by atoms with Crippen molar-refractivity contribution in [1.29, 1.82) is 0 Å². The van der Waals surface area contributed by atoms with E-state index in [0.29, 0.717) is 10.7 Å². The Morgan fingerprint density at radius 3 is 2.67 bits per heavy atom. The smallest absolute Gasteiger partial charge is 0.294 e. The van der Waals surface area contributed by atoms with Gasteiger partial charge in [-0.2, -0.15) is 13.5 Å². The zero-order valence-electron chi connectivity index (χ0n) is 9.95. The van der Waals surface area contributed by atoms with Crippen LogP contribution in [0.2, 0.25) is 0 Å². The number of nitrogens with zero attached hydrogens (tertiary/aromatic N) is 2. The van der Waals surface area contributed by atoms with Crippen molar-refractivity contribution in [2.75, 3.05) is 7.05 Å². The van der Waals surface area contributed by atoms with Gasteiger partial charge < -0.3 is 9.99 Å². The first-order chi connectivity index (χ1) is 8.43. The van der Waals surface area contributed by atoms with Crippen LogP contribution >= 0.6 is 0 Å². The summed E-state index contributed by atoms with van der Waals surface area (Å²) in [5, 5.41) is 5.31. The monoisotopic (exact) mass is 267 g/mol. The minimum atomic E-state index is -4.21. The van der Waals surface area contributed by atoms with Gasteiger partial charge in [-0.15, -0.1) is 0 Å². The predicted molar refractivity (Wildman–Crippen MR) is 67.4 cm³/mol. The number of hydrogen-bond acceptors (Lipinski definition) is 4. The van der Waals surface area contributed by atoms with Gasteiger partial charge in [-0.3, -0.25) is 4.55 Å². The van der Waals surface area contributed by atoms with Crippen molar-refractivity contribution in [3.8, 4) is 0 Å². The van der Waals surface area contributed by atoms with Gasteiger partial charge in [0.25, 0.3) is 10.1 Å². The Hall–Kier alpha value is -1.86. The second-order valence-electron chi connectivity index (χ2n) is 3.80. The molecule has 0 aliphatic heterocycles. The van der Waals surface area contributed by atoms with Gasteiger partial charge in [0.15, 0.2) is 0 Å². The fourth-order valence-electron chi connectivity index (χ4n) is 1.76. The van der Waals surface area contributed by atoms with E-state index in [0.717, 1.165) is 5.52 Å². The van der Waals surface area contributed by atoms with Crippen molar-refractivity contribution in [1.82, 2.24) is 9.99 Å². The van der Waals surface area contributed by atoms with E-state index in [1.54, 1.807) is 19.2 Å². The summed E-state index contributed by atoms with van der Waals surface area (Å²) < 4.78 is 33.2. The van der Waals surface area contributed by atoms with Crippen LogP contribution in [0.15, 0.2) is 40.5 Å². The molecule has 0 atom stereocenters. The molecule has 0 bridgehead atoms. The quantitative estimate of drug-likeness (QED) is 0.611. The standard InChI is InChI=1S/C11H13N3O3S/c1-12-13-10-5-6-14(2)11-4-3-8(7-9(10)11)18(15,16)17/h3-7,12H,1-2H3,(H,15,16,17)/b13-10-. The molecule has 6 nitrogen and oxygen atoms in total. The largest absolute Gasteiger partial charge is 0.350 e. The third-order valence-corrected chi connectivity index (χ3v) is 3.46. The topological polar surface area (TPSA) is 83.7 Å². The van der Waals surface area contributed by atoms with Gasteiger partial charge in [0.1, 0.15) is 0 Å². The van der Waals surface area contributed by atoms with Crippen molar-refractivity contribution < 1.29 is 13.0 Å². The van der Waals surface area contributed by atoms with Gasteiger partial charge in [0, 0.05) is 25.7 Å². The number of aromatic nitrogens is 1. The number of nitrogens with one attached hydrogen (secondary N) is 1. The molecule has 2 N–H and O–H groups in total. The normalized spacial score (nSPS) is 12.9. The van der Waals surface area contributed by atoms with Gasteiger partial charge in [-0.1, -0.05) is 0 Å². The molecule has 1 heterocycles. The molecular formula is C11H13N3O3S. The van der Waals surface area contributed by atoms with E-state index in [-0.39, 0.29) is 4.90 Å². The molecule has 96 valence electrons. The van der Waals surface area contributed by atoms with E-state index in [2.05, 4.69) is 10.5 Å². The van der Waals surface area contributed by atoms with E-state index < -0.39 is 10.1 Å². The Bertz CT molecular complexity index is 763. The molecule has 0 unspecified atom stereocenters. The minimum absolute atomic E-state index is 0.145. The summed E-state index contributed by atoms with van der Waals surface area (Å²) in [6.07, 6.45) is 1.83. The maximum Gasteiger partial charge on any atom is 0.294 e. The SMILES string of the molecule is CN/N=c1/ccn(C)c2ccc(S(=O)(=O)O)cc12. The van der Waals surface area contributed by atoms with Crippen molar-refractivity contribution in [2.24, 2.45) is 12.1 Å². The third-order valence-electron chi connectivity index (χ3n) is 2.61. The fraction of sp³-hybridized carbons (Fsp3) is 0.182. The lowest BCUT2D eigenvalue weighted by molar-refractivity contribution is 0.483. The van der Waals surface area contributed by atoms with Gasteiger partial charge >= 0.3 is 0 Å². The average Bonchev–Trinajstić information content (AvgIpc) is 2.31. The molecule has 0 aliphatic carbocycles. The van der Waals surface area contributed by atoms with E-state index in [1.807, 2.05) is 17.8 Å². The molecule has 1 aromatic carbocycles. The first-order valence-corrected chi connectivity index (χ1v) is 6.65. The van der Waals surface area contributed by atoms with E-state index in [1.165, 1.54) is 12.1 Å². The molecule has 0 spiro atoms. The number of fused-ring (bicyclic) bond motifs is 1. The molecule has 0 fully saturated rings. The molecule has 0 amide bonds. The van der Waals surface area contributed by atoms with E-state index >= 15 is 0 Å². The number of hydrogen-bond donors (Lipinski definition) is 2. The van der Waals surface area contributed by atoms with Crippen LogP contribution in [0.4, 0.5) is 0 Å². The molecule has 1 aromatic heterocycles. The lowest BCUT2D eigenvalue weighted by Gasteiger charge is -2.07. The summed E-state index contributed by atoms with van der Waals surface area (Å²) >= 11 is 0. The Morgan fingerprint density at radius 2 is 2.06 bits per heavy atom. The minimum Gasteiger partial charge on any atom is -0.350 e. The molecule has 0 radical (unpaired) electrons.